The summed E-state index contributed by atoms with van der Waals surface area (Å²) < 4.78 is 7.21. The van der Waals surface area contributed by atoms with Crippen LogP contribution in [0.1, 0.15) is 35.5 Å². The Bertz CT molecular complexity index is 549. The molecular weight excluding hydrogens is 272 g/mol. The summed E-state index contributed by atoms with van der Waals surface area (Å²) in [5.74, 6) is 0.875. The summed E-state index contributed by atoms with van der Waals surface area (Å²) in [7, 11) is 1.70. The first kappa shape index (κ1) is 15.0. The van der Waals surface area contributed by atoms with Gasteiger partial charge in [-0.3, -0.25) is 0 Å². The molecule has 2 aromatic heterocycles. The summed E-state index contributed by atoms with van der Waals surface area (Å²) in [6, 6.07) is 0.187. The summed E-state index contributed by atoms with van der Waals surface area (Å²) in [4.78, 5) is 10.4. The molecule has 0 saturated heterocycles. The number of aryl methyl sites for hydroxylation is 2. The van der Waals surface area contributed by atoms with E-state index in [0.29, 0.717) is 6.61 Å². The summed E-state index contributed by atoms with van der Waals surface area (Å²) >= 11 is 1.77. The Balaban J connectivity index is 2.17. The van der Waals surface area contributed by atoms with Crippen molar-refractivity contribution in [2.24, 2.45) is 0 Å². The topological polar surface area (TPSA) is 52.0 Å². The highest BCUT2D eigenvalue weighted by molar-refractivity contribution is 7.11. The SMILES string of the molecule is CCc1cnc(C(C)n2cc(C)nc2NCCOC)s1. The van der Waals surface area contributed by atoms with Crippen LogP contribution in [0.4, 0.5) is 5.95 Å². The normalized spacial score (nSPS) is 12.6. The van der Waals surface area contributed by atoms with Crippen molar-refractivity contribution in [3.8, 4) is 0 Å². The molecule has 0 spiro atoms. The van der Waals surface area contributed by atoms with Gasteiger partial charge in [0.25, 0.3) is 0 Å². The molecule has 0 aliphatic carbocycles. The Hall–Kier alpha value is -1.40. The molecule has 0 saturated carbocycles. The van der Waals surface area contributed by atoms with Gasteiger partial charge in [0.05, 0.1) is 18.3 Å². The molecule has 1 unspecified atom stereocenters. The van der Waals surface area contributed by atoms with E-state index in [1.807, 2.05) is 13.1 Å². The number of rotatable bonds is 7. The first-order chi connectivity index (χ1) is 9.65. The third-order valence-corrected chi connectivity index (χ3v) is 4.45. The van der Waals surface area contributed by atoms with E-state index in [9.17, 15) is 0 Å². The minimum atomic E-state index is 0.187. The fourth-order valence-corrected chi connectivity index (χ4v) is 2.91. The number of aromatic nitrogens is 3. The van der Waals surface area contributed by atoms with E-state index in [2.05, 4.69) is 39.9 Å². The van der Waals surface area contributed by atoms with Gasteiger partial charge in [-0.05, 0) is 20.3 Å². The Kier molecular flexibility index (Phi) is 5.14. The van der Waals surface area contributed by atoms with Crippen LogP contribution in [0, 0.1) is 6.92 Å². The van der Waals surface area contributed by atoms with Crippen LogP contribution >= 0.6 is 11.3 Å². The van der Waals surface area contributed by atoms with Gasteiger partial charge >= 0.3 is 0 Å². The molecule has 2 heterocycles. The maximum Gasteiger partial charge on any atom is 0.203 e. The van der Waals surface area contributed by atoms with Crippen molar-refractivity contribution >= 4 is 17.3 Å². The first-order valence-corrected chi connectivity index (χ1v) is 7.70. The number of hydrogen-bond acceptors (Lipinski definition) is 5. The van der Waals surface area contributed by atoms with Crippen molar-refractivity contribution in [2.75, 3.05) is 25.6 Å². The fourth-order valence-electron chi connectivity index (χ4n) is 2.01. The van der Waals surface area contributed by atoms with Gasteiger partial charge < -0.3 is 14.6 Å². The van der Waals surface area contributed by atoms with Crippen molar-refractivity contribution in [3.05, 3.63) is 28.0 Å². The van der Waals surface area contributed by atoms with Crippen LogP contribution < -0.4 is 5.32 Å². The zero-order valence-electron chi connectivity index (χ0n) is 12.5. The van der Waals surface area contributed by atoms with E-state index in [0.717, 1.165) is 29.6 Å². The molecule has 0 aliphatic heterocycles. The number of methoxy groups -OCH3 is 1. The molecule has 6 heteroatoms. The summed E-state index contributed by atoms with van der Waals surface area (Å²) in [5.41, 5.74) is 1.00. The van der Waals surface area contributed by atoms with E-state index in [-0.39, 0.29) is 6.04 Å². The fraction of sp³-hybridized carbons (Fsp3) is 0.571. The monoisotopic (exact) mass is 294 g/mol. The quantitative estimate of drug-likeness (QED) is 0.798. The molecule has 0 aromatic carbocycles. The number of imidazole rings is 1. The van der Waals surface area contributed by atoms with Crippen LogP contribution in [-0.4, -0.2) is 34.8 Å². The molecule has 1 N–H and O–H groups in total. The molecule has 20 heavy (non-hydrogen) atoms. The van der Waals surface area contributed by atoms with Gasteiger partial charge in [-0.2, -0.15) is 0 Å². The number of ether oxygens (including phenoxy) is 1. The lowest BCUT2D eigenvalue weighted by atomic mass is 10.3. The number of nitrogens with zero attached hydrogens (tertiary/aromatic N) is 3. The highest BCUT2D eigenvalue weighted by Gasteiger charge is 2.16. The summed E-state index contributed by atoms with van der Waals surface area (Å²) in [6.07, 6.45) is 5.07. The Labute approximate surface area is 124 Å². The highest BCUT2D eigenvalue weighted by atomic mass is 32.1. The van der Waals surface area contributed by atoms with Gasteiger partial charge in [0, 0.05) is 30.9 Å². The van der Waals surface area contributed by atoms with Gasteiger partial charge in [0.2, 0.25) is 5.95 Å². The number of nitrogens with one attached hydrogen (secondary N) is 1. The molecule has 0 amide bonds. The lowest BCUT2D eigenvalue weighted by Crippen LogP contribution is -2.14. The molecule has 2 aromatic rings. The van der Waals surface area contributed by atoms with E-state index in [1.165, 1.54) is 4.88 Å². The predicted molar refractivity (Wildman–Crippen MR) is 82.6 cm³/mol. The van der Waals surface area contributed by atoms with E-state index in [1.54, 1.807) is 18.4 Å². The van der Waals surface area contributed by atoms with E-state index >= 15 is 0 Å². The standard InChI is InChI=1S/C14H22N4OS/c1-5-12-8-16-13(20-12)11(3)18-9-10(2)17-14(18)15-6-7-19-4/h8-9,11H,5-7H2,1-4H3,(H,15,17). The summed E-state index contributed by atoms with van der Waals surface area (Å²) in [5, 5.41) is 4.43. The van der Waals surface area contributed by atoms with Crippen molar-refractivity contribution < 1.29 is 4.74 Å². The lowest BCUT2D eigenvalue weighted by Gasteiger charge is -2.14. The van der Waals surface area contributed by atoms with Crippen LogP contribution in [-0.2, 0) is 11.2 Å². The van der Waals surface area contributed by atoms with Gasteiger partial charge in [-0.1, -0.05) is 6.92 Å². The Morgan fingerprint density at radius 2 is 2.30 bits per heavy atom. The minimum absolute atomic E-state index is 0.187. The van der Waals surface area contributed by atoms with Crippen molar-refractivity contribution in [3.63, 3.8) is 0 Å². The second-order valence-corrected chi connectivity index (χ2v) is 5.87. The Morgan fingerprint density at radius 3 is 2.95 bits per heavy atom. The van der Waals surface area contributed by atoms with Gasteiger partial charge in [-0.15, -0.1) is 11.3 Å². The van der Waals surface area contributed by atoms with Crippen LogP contribution in [0.2, 0.25) is 0 Å². The van der Waals surface area contributed by atoms with Gasteiger partial charge in [-0.25, -0.2) is 9.97 Å². The van der Waals surface area contributed by atoms with Crippen LogP contribution in [0.5, 0.6) is 0 Å². The largest absolute Gasteiger partial charge is 0.383 e. The number of thiazole rings is 1. The summed E-state index contributed by atoms with van der Waals surface area (Å²) in [6.45, 7) is 7.72. The first-order valence-electron chi connectivity index (χ1n) is 6.88. The van der Waals surface area contributed by atoms with Crippen LogP contribution in [0.15, 0.2) is 12.4 Å². The van der Waals surface area contributed by atoms with Crippen molar-refractivity contribution in [1.29, 1.82) is 0 Å². The maximum absolute atomic E-state index is 5.06. The molecule has 0 aliphatic rings. The number of hydrogen-bond donors (Lipinski definition) is 1. The molecule has 5 nitrogen and oxygen atoms in total. The average molecular weight is 294 g/mol. The van der Waals surface area contributed by atoms with Gasteiger partial charge in [0.15, 0.2) is 0 Å². The smallest absolute Gasteiger partial charge is 0.203 e. The third-order valence-electron chi connectivity index (χ3n) is 3.14. The van der Waals surface area contributed by atoms with Crippen molar-refractivity contribution in [1.82, 2.24) is 14.5 Å². The van der Waals surface area contributed by atoms with Crippen LogP contribution in [0.25, 0.3) is 0 Å². The van der Waals surface area contributed by atoms with E-state index < -0.39 is 0 Å². The third kappa shape index (κ3) is 3.37. The highest BCUT2D eigenvalue weighted by Crippen LogP contribution is 2.26. The molecule has 1 atom stereocenters. The lowest BCUT2D eigenvalue weighted by molar-refractivity contribution is 0.210. The predicted octanol–water partition coefficient (Wildman–Crippen LogP) is 2.88. The molecule has 0 fully saturated rings. The van der Waals surface area contributed by atoms with Gasteiger partial charge in [0.1, 0.15) is 5.01 Å². The number of anilines is 1. The molecule has 110 valence electrons. The average Bonchev–Trinajstić information content (AvgIpc) is 3.05. The van der Waals surface area contributed by atoms with Crippen LogP contribution in [0.3, 0.4) is 0 Å². The zero-order valence-corrected chi connectivity index (χ0v) is 13.3. The maximum atomic E-state index is 5.06. The van der Waals surface area contributed by atoms with E-state index in [4.69, 9.17) is 4.74 Å². The molecular formula is C14H22N4OS. The second-order valence-electron chi connectivity index (χ2n) is 4.73. The Morgan fingerprint density at radius 1 is 1.50 bits per heavy atom. The van der Waals surface area contributed by atoms with Crippen molar-refractivity contribution in [2.45, 2.75) is 33.2 Å². The molecule has 2 rings (SSSR count). The second kappa shape index (κ2) is 6.85. The molecule has 0 radical (unpaired) electrons. The molecule has 0 bridgehead atoms. The minimum Gasteiger partial charge on any atom is -0.383 e. The zero-order chi connectivity index (χ0) is 14.5.